The topological polar surface area (TPSA) is 96.9 Å². The van der Waals surface area contributed by atoms with E-state index in [1.165, 1.54) is 23.1 Å². The van der Waals surface area contributed by atoms with Gasteiger partial charge in [-0.05, 0) is 5.10 Å². The first-order valence-electron chi connectivity index (χ1n) is 5.86. The lowest BCUT2D eigenvalue weighted by Gasteiger charge is -2.05. The van der Waals surface area contributed by atoms with Crippen LogP contribution in [0.5, 0.6) is 0 Å². The van der Waals surface area contributed by atoms with Gasteiger partial charge in [0.1, 0.15) is 11.9 Å². The van der Waals surface area contributed by atoms with E-state index in [9.17, 15) is 21.6 Å². The minimum absolute atomic E-state index is 0.0577. The van der Waals surface area contributed by atoms with Gasteiger partial charge in [0.25, 0.3) is 10.1 Å². The molecule has 0 amide bonds. The average molecular weight is 335 g/mol. The van der Waals surface area contributed by atoms with Crippen molar-refractivity contribution >= 4 is 10.1 Å². The highest BCUT2D eigenvalue weighted by atomic mass is 32.2. The van der Waals surface area contributed by atoms with Crippen molar-refractivity contribution in [1.29, 1.82) is 0 Å². The van der Waals surface area contributed by atoms with Crippen molar-refractivity contribution in [2.75, 3.05) is 5.75 Å². The Hall–Kier alpha value is -2.14. The molecule has 0 aliphatic heterocycles. The number of rotatable bonds is 4. The van der Waals surface area contributed by atoms with E-state index in [4.69, 9.17) is 4.55 Å². The molecule has 11 heteroatoms. The molecule has 2 aromatic heterocycles. The summed E-state index contributed by atoms with van der Waals surface area (Å²) >= 11 is 0. The van der Waals surface area contributed by atoms with Gasteiger partial charge in [0.2, 0.25) is 0 Å². The molecule has 0 aliphatic rings. The molecule has 0 saturated carbocycles. The maximum absolute atomic E-state index is 12.4. The maximum atomic E-state index is 12.4. The molecule has 2 aromatic rings. The maximum Gasteiger partial charge on any atom is 0.434 e. The fraction of sp³-hybridized carbons (Fsp3) is 0.273. The Bertz CT molecular complexity index is 746. The second-order valence-electron chi connectivity index (χ2n) is 4.25. The van der Waals surface area contributed by atoms with Gasteiger partial charge in [-0.2, -0.15) is 21.6 Å². The normalized spacial score (nSPS) is 12.4. The third-order valence-corrected chi connectivity index (χ3v) is 3.29. The highest BCUT2D eigenvalue weighted by Crippen LogP contribution is 2.27. The Morgan fingerprint density at radius 2 is 1.91 bits per heavy atom. The van der Waals surface area contributed by atoms with Crippen LogP contribution < -0.4 is 4.68 Å². The largest absolute Gasteiger partial charge is 0.434 e. The standard InChI is InChI=1S/C11H9F3N4O3S/c12-11(13,14)10-7-15-9(6-16-10)8-1-2-18(17-5-8)3-4-22(19,20)21/h1-2,5-7H,3-4H2/p+1. The molecule has 2 heterocycles. The van der Waals surface area contributed by atoms with Gasteiger partial charge < -0.3 is 0 Å². The Morgan fingerprint density at radius 3 is 2.36 bits per heavy atom. The highest BCUT2D eigenvalue weighted by Gasteiger charge is 2.32. The summed E-state index contributed by atoms with van der Waals surface area (Å²) in [6.45, 7) is -0.0577. The smallest absolute Gasteiger partial charge is 0.285 e. The summed E-state index contributed by atoms with van der Waals surface area (Å²) in [4.78, 5) is 6.95. The minimum atomic E-state index is -4.56. The van der Waals surface area contributed by atoms with Crippen LogP contribution in [0.25, 0.3) is 11.3 Å². The number of hydrogen-bond acceptors (Lipinski definition) is 5. The van der Waals surface area contributed by atoms with Crippen LogP contribution in [0, 0.1) is 0 Å². The van der Waals surface area contributed by atoms with Crippen LogP contribution in [0.4, 0.5) is 13.2 Å². The quantitative estimate of drug-likeness (QED) is 0.654. The molecule has 0 aromatic carbocycles. The zero-order chi connectivity index (χ0) is 16.4. The predicted molar refractivity (Wildman–Crippen MR) is 66.9 cm³/mol. The molecule has 0 aliphatic carbocycles. The molecule has 0 bridgehead atoms. The number of alkyl halides is 3. The van der Waals surface area contributed by atoms with Crippen molar-refractivity contribution in [2.24, 2.45) is 0 Å². The molecular weight excluding hydrogens is 325 g/mol. The van der Waals surface area contributed by atoms with Crippen molar-refractivity contribution < 1.29 is 30.8 Å². The van der Waals surface area contributed by atoms with E-state index in [2.05, 4.69) is 15.1 Å². The summed E-state index contributed by atoms with van der Waals surface area (Å²) in [6, 6.07) is 1.49. The molecule has 0 radical (unpaired) electrons. The highest BCUT2D eigenvalue weighted by molar-refractivity contribution is 7.85. The number of nitrogens with zero attached hydrogens (tertiary/aromatic N) is 4. The molecule has 0 unspecified atom stereocenters. The van der Waals surface area contributed by atoms with E-state index in [0.717, 1.165) is 6.20 Å². The SMILES string of the molecule is O=S(=O)(O)CC[n+]1ccc(-c2cnc(C(F)(F)F)cn2)cn1. The van der Waals surface area contributed by atoms with Gasteiger partial charge in [0, 0.05) is 11.6 Å². The summed E-state index contributed by atoms with van der Waals surface area (Å²) in [6.07, 6.45) is -0.239. The Kier molecular flexibility index (Phi) is 4.37. The first kappa shape index (κ1) is 16.2. The van der Waals surface area contributed by atoms with Gasteiger partial charge in [0.05, 0.1) is 18.1 Å². The average Bonchev–Trinajstić information content (AvgIpc) is 2.44. The van der Waals surface area contributed by atoms with E-state index in [-0.39, 0.29) is 12.2 Å². The summed E-state index contributed by atoms with van der Waals surface area (Å²) in [7, 11) is -4.09. The Morgan fingerprint density at radius 1 is 1.18 bits per heavy atom. The van der Waals surface area contributed by atoms with Gasteiger partial charge in [-0.3, -0.25) is 9.54 Å². The summed E-state index contributed by atoms with van der Waals surface area (Å²) in [5.41, 5.74) is -0.477. The van der Waals surface area contributed by atoms with Crippen molar-refractivity contribution in [2.45, 2.75) is 12.7 Å². The first-order chi connectivity index (χ1) is 10.1. The van der Waals surface area contributed by atoms with Gasteiger partial charge in [0.15, 0.2) is 18.4 Å². The van der Waals surface area contributed by atoms with Crippen LogP contribution in [0.2, 0.25) is 0 Å². The van der Waals surface area contributed by atoms with Crippen LogP contribution in [0.1, 0.15) is 5.69 Å². The molecule has 118 valence electrons. The van der Waals surface area contributed by atoms with Crippen LogP contribution in [0.15, 0.2) is 30.9 Å². The van der Waals surface area contributed by atoms with Gasteiger partial charge in [-0.1, -0.05) is 4.68 Å². The zero-order valence-corrected chi connectivity index (χ0v) is 11.7. The molecule has 0 fully saturated rings. The molecule has 22 heavy (non-hydrogen) atoms. The lowest BCUT2D eigenvalue weighted by Crippen LogP contribution is -2.40. The molecule has 2 rings (SSSR count). The van der Waals surface area contributed by atoms with E-state index < -0.39 is 27.7 Å². The molecule has 0 saturated heterocycles. The molecule has 0 atom stereocenters. The number of halogens is 3. The molecule has 0 spiro atoms. The molecular formula is C11H10F3N4O3S+. The van der Waals surface area contributed by atoms with Gasteiger partial charge in [-0.25, -0.2) is 4.98 Å². The number of aryl methyl sites for hydroxylation is 1. The summed E-state index contributed by atoms with van der Waals surface area (Å²) < 4.78 is 68.2. The third-order valence-electron chi connectivity index (χ3n) is 2.59. The van der Waals surface area contributed by atoms with E-state index in [1.807, 2.05) is 0 Å². The lowest BCUT2D eigenvalue weighted by molar-refractivity contribution is -0.750. The first-order valence-corrected chi connectivity index (χ1v) is 7.46. The van der Waals surface area contributed by atoms with Crippen LogP contribution >= 0.6 is 0 Å². The van der Waals surface area contributed by atoms with Gasteiger partial charge in [-0.15, -0.1) is 0 Å². The summed E-state index contributed by atoms with van der Waals surface area (Å²) in [5, 5.41) is 3.88. The Labute approximate surface area is 123 Å². The lowest BCUT2D eigenvalue weighted by atomic mass is 10.2. The van der Waals surface area contributed by atoms with Gasteiger partial charge >= 0.3 is 6.18 Å². The van der Waals surface area contributed by atoms with Crippen LogP contribution in [-0.2, 0) is 22.8 Å². The Balaban J connectivity index is 2.13. The third kappa shape index (κ3) is 4.43. The fourth-order valence-corrected chi connectivity index (χ4v) is 1.92. The second kappa shape index (κ2) is 5.93. The summed E-state index contributed by atoms with van der Waals surface area (Å²) in [5.74, 6) is -0.496. The fourth-order valence-electron chi connectivity index (χ4n) is 1.50. The van der Waals surface area contributed by atoms with Crippen LogP contribution in [0.3, 0.4) is 0 Å². The molecule has 1 N–H and O–H groups in total. The number of aromatic nitrogens is 4. The van der Waals surface area contributed by atoms with E-state index >= 15 is 0 Å². The van der Waals surface area contributed by atoms with Crippen molar-refractivity contribution in [3.8, 4) is 11.3 Å². The van der Waals surface area contributed by atoms with E-state index in [0.29, 0.717) is 11.8 Å². The predicted octanol–water partition coefficient (Wildman–Crippen LogP) is 0.733. The second-order valence-corrected chi connectivity index (χ2v) is 5.82. The van der Waals surface area contributed by atoms with Crippen molar-refractivity contribution in [3.63, 3.8) is 0 Å². The monoisotopic (exact) mass is 335 g/mol. The number of hydrogen-bond donors (Lipinski definition) is 1. The van der Waals surface area contributed by atoms with Crippen molar-refractivity contribution in [3.05, 3.63) is 36.5 Å². The van der Waals surface area contributed by atoms with Crippen molar-refractivity contribution in [1.82, 2.24) is 15.1 Å². The molecule has 7 nitrogen and oxygen atoms in total. The van der Waals surface area contributed by atoms with E-state index in [1.54, 1.807) is 0 Å². The minimum Gasteiger partial charge on any atom is -0.285 e. The van der Waals surface area contributed by atoms with Crippen LogP contribution in [-0.4, -0.2) is 33.8 Å². The zero-order valence-electron chi connectivity index (χ0n) is 10.9.